The Kier molecular flexibility index (Phi) is 6.41. The predicted octanol–water partition coefficient (Wildman–Crippen LogP) is 2.30. The minimum atomic E-state index is -0.445. The van der Waals surface area contributed by atoms with Crippen LogP contribution in [0.4, 0.5) is 5.69 Å². The lowest BCUT2D eigenvalue weighted by Gasteiger charge is -2.05. The Morgan fingerprint density at radius 3 is 2.79 bits per heavy atom. The molecule has 0 atom stereocenters. The van der Waals surface area contributed by atoms with Crippen molar-refractivity contribution in [1.29, 1.82) is 0 Å². The monoisotopic (exact) mass is 348 g/mol. The third-order valence-electron chi connectivity index (χ3n) is 2.94. The SMILES string of the molecule is COCCNC(=S)N/N=C\c1ccc(-c2ccc([N+](=O)[O-])cc2)o1. The number of nitro benzene ring substituents is 1. The number of thiocarbonyl (C=S) groups is 1. The fraction of sp³-hybridized carbons (Fsp3) is 0.200. The van der Waals surface area contributed by atoms with Gasteiger partial charge in [-0.1, -0.05) is 0 Å². The van der Waals surface area contributed by atoms with Gasteiger partial charge in [-0.05, 0) is 36.5 Å². The molecule has 24 heavy (non-hydrogen) atoms. The summed E-state index contributed by atoms with van der Waals surface area (Å²) in [7, 11) is 1.61. The van der Waals surface area contributed by atoms with E-state index in [-0.39, 0.29) is 5.69 Å². The third-order valence-corrected chi connectivity index (χ3v) is 3.17. The standard InChI is InChI=1S/C15H16N4O4S/c1-22-9-8-16-15(24)18-17-10-13-6-7-14(23-13)11-2-4-12(5-3-11)19(20)21/h2-7,10H,8-9H2,1H3,(H2,16,18,24)/b17-10-. The smallest absolute Gasteiger partial charge is 0.269 e. The molecular formula is C15H16N4O4S. The van der Waals surface area contributed by atoms with Gasteiger partial charge in [0, 0.05) is 31.4 Å². The van der Waals surface area contributed by atoms with Crippen molar-refractivity contribution in [2.45, 2.75) is 0 Å². The van der Waals surface area contributed by atoms with Crippen molar-refractivity contribution in [2.75, 3.05) is 20.3 Å². The third kappa shape index (κ3) is 5.14. The van der Waals surface area contributed by atoms with Crippen molar-refractivity contribution in [3.8, 4) is 11.3 Å². The molecule has 126 valence electrons. The highest BCUT2D eigenvalue weighted by Gasteiger charge is 2.07. The summed E-state index contributed by atoms with van der Waals surface area (Å²) in [4.78, 5) is 10.2. The molecule has 0 fully saturated rings. The van der Waals surface area contributed by atoms with Gasteiger partial charge in [-0.3, -0.25) is 15.5 Å². The number of furan rings is 1. The summed E-state index contributed by atoms with van der Waals surface area (Å²) in [5.74, 6) is 1.11. The molecule has 1 aromatic carbocycles. The van der Waals surface area contributed by atoms with E-state index < -0.39 is 4.92 Å². The molecule has 1 aromatic heterocycles. The molecule has 0 aliphatic rings. The summed E-state index contributed by atoms with van der Waals surface area (Å²) in [6.45, 7) is 1.13. The van der Waals surface area contributed by atoms with Crippen molar-refractivity contribution < 1.29 is 14.1 Å². The van der Waals surface area contributed by atoms with Gasteiger partial charge in [0.15, 0.2) is 5.11 Å². The number of rotatable bonds is 7. The van der Waals surface area contributed by atoms with E-state index in [9.17, 15) is 10.1 Å². The molecule has 0 unspecified atom stereocenters. The number of benzene rings is 1. The van der Waals surface area contributed by atoms with Crippen molar-refractivity contribution in [3.05, 3.63) is 52.3 Å². The van der Waals surface area contributed by atoms with Crippen LogP contribution >= 0.6 is 12.2 Å². The zero-order valence-electron chi connectivity index (χ0n) is 12.9. The number of non-ortho nitro benzene ring substituents is 1. The van der Waals surface area contributed by atoms with Crippen LogP contribution in [-0.2, 0) is 4.74 Å². The second-order valence-corrected chi connectivity index (χ2v) is 5.03. The largest absolute Gasteiger partial charge is 0.455 e. The van der Waals surface area contributed by atoms with Gasteiger partial charge in [0.1, 0.15) is 11.5 Å². The Morgan fingerprint density at radius 2 is 2.12 bits per heavy atom. The first kappa shape index (κ1) is 17.6. The first-order chi connectivity index (χ1) is 11.6. The molecule has 0 spiro atoms. The van der Waals surface area contributed by atoms with Crippen LogP contribution in [0.25, 0.3) is 11.3 Å². The number of nitro groups is 1. The summed E-state index contributed by atoms with van der Waals surface area (Å²) in [6.07, 6.45) is 1.49. The van der Waals surface area contributed by atoms with Crippen LogP contribution in [0.2, 0.25) is 0 Å². The number of methoxy groups -OCH3 is 1. The Hall–Kier alpha value is -2.78. The average Bonchev–Trinajstić information content (AvgIpc) is 3.04. The Labute approximate surface area is 143 Å². The maximum atomic E-state index is 10.6. The molecule has 8 nitrogen and oxygen atoms in total. The van der Waals surface area contributed by atoms with Crippen molar-refractivity contribution >= 4 is 29.2 Å². The maximum absolute atomic E-state index is 10.6. The Morgan fingerprint density at radius 1 is 1.38 bits per heavy atom. The van der Waals surface area contributed by atoms with Crippen LogP contribution in [0.3, 0.4) is 0 Å². The summed E-state index contributed by atoms with van der Waals surface area (Å²) >= 11 is 5.02. The number of hydrazone groups is 1. The highest BCUT2D eigenvalue weighted by atomic mass is 32.1. The molecule has 2 N–H and O–H groups in total. The van der Waals surface area contributed by atoms with E-state index in [0.29, 0.717) is 29.8 Å². The zero-order valence-corrected chi connectivity index (χ0v) is 13.7. The Balaban J connectivity index is 1.91. The molecule has 2 rings (SSSR count). The van der Waals surface area contributed by atoms with E-state index >= 15 is 0 Å². The number of ether oxygens (including phenoxy) is 1. The van der Waals surface area contributed by atoms with Crippen LogP contribution in [0.5, 0.6) is 0 Å². The van der Waals surface area contributed by atoms with Crippen molar-refractivity contribution in [1.82, 2.24) is 10.7 Å². The number of hydrogen-bond acceptors (Lipinski definition) is 6. The van der Waals surface area contributed by atoms with Gasteiger partial charge in [-0.15, -0.1) is 0 Å². The molecule has 0 aliphatic carbocycles. The fourth-order valence-corrected chi connectivity index (χ4v) is 1.94. The summed E-state index contributed by atoms with van der Waals surface area (Å²) in [6, 6.07) is 9.62. The second-order valence-electron chi connectivity index (χ2n) is 4.62. The first-order valence-corrected chi connectivity index (χ1v) is 7.41. The van der Waals surface area contributed by atoms with Crippen LogP contribution < -0.4 is 10.7 Å². The molecule has 2 aromatic rings. The number of nitrogens with zero attached hydrogens (tertiary/aromatic N) is 2. The Bertz CT molecular complexity index is 727. The molecule has 0 bridgehead atoms. The van der Waals surface area contributed by atoms with E-state index in [2.05, 4.69) is 15.8 Å². The van der Waals surface area contributed by atoms with Gasteiger partial charge in [0.05, 0.1) is 17.7 Å². The van der Waals surface area contributed by atoms with E-state index in [1.807, 2.05) is 0 Å². The van der Waals surface area contributed by atoms with Crippen LogP contribution in [0, 0.1) is 10.1 Å². The summed E-state index contributed by atoms with van der Waals surface area (Å²) in [5.41, 5.74) is 3.43. The van der Waals surface area contributed by atoms with Gasteiger partial charge >= 0.3 is 0 Å². The van der Waals surface area contributed by atoms with Crippen LogP contribution in [0.1, 0.15) is 5.76 Å². The average molecular weight is 348 g/mol. The molecule has 1 heterocycles. The topological polar surface area (TPSA) is 102 Å². The van der Waals surface area contributed by atoms with Gasteiger partial charge in [-0.2, -0.15) is 5.10 Å². The first-order valence-electron chi connectivity index (χ1n) is 7.00. The molecule has 9 heteroatoms. The lowest BCUT2D eigenvalue weighted by Crippen LogP contribution is -2.34. The maximum Gasteiger partial charge on any atom is 0.269 e. The summed E-state index contributed by atoms with van der Waals surface area (Å²) < 4.78 is 10.5. The van der Waals surface area contributed by atoms with Crippen LogP contribution in [0.15, 0.2) is 45.9 Å². The molecular weight excluding hydrogens is 332 g/mol. The lowest BCUT2D eigenvalue weighted by molar-refractivity contribution is -0.384. The van der Waals surface area contributed by atoms with Gasteiger partial charge in [0.2, 0.25) is 0 Å². The fourth-order valence-electron chi connectivity index (χ4n) is 1.79. The van der Waals surface area contributed by atoms with Gasteiger partial charge < -0.3 is 14.5 Å². The van der Waals surface area contributed by atoms with E-state index in [1.165, 1.54) is 18.3 Å². The normalized spacial score (nSPS) is 10.7. The van der Waals surface area contributed by atoms with Gasteiger partial charge in [0.25, 0.3) is 5.69 Å². The summed E-state index contributed by atoms with van der Waals surface area (Å²) in [5, 5.41) is 17.9. The van der Waals surface area contributed by atoms with Crippen LogP contribution in [-0.4, -0.2) is 36.5 Å². The van der Waals surface area contributed by atoms with E-state index in [0.717, 1.165) is 5.56 Å². The quantitative estimate of drug-likeness (QED) is 0.260. The molecule has 0 radical (unpaired) electrons. The molecule has 0 aliphatic heterocycles. The lowest BCUT2D eigenvalue weighted by atomic mass is 10.1. The second kappa shape index (κ2) is 8.75. The highest BCUT2D eigenvalue weighted by Crippen LogP contribution is 2.23. The molecule has 0 saturated carbocycles. The minimum Gasteiger partial charge on any atom is -0.455 e. The molecule has 0 amide bonds. The number of hydrogen-bond donors (Lipinski definition) is 2. The molecule has 0 saturated heterocycles. The predicted molar refractivity (Wildman–Crippen MR) is 94.0 cm³/mol. The van der Waals surface area contributed by atoms with Gasteiger partial charge in [-0.25, -0.2) is 0 Å². The van der Waals surface area contributed by atoms with Crippen molar-refractivity contribution in [2.24, 2.45) is 5.10 Å². The van der Waals surface area contributed by atoms with E-state index in [4.69, 9.17) is 21.4 Å². The van der Waals surface area contributed by atoms with E-state index in [1.54, 1.807) is 31.4 Å². The highest BCUT2D eigenvalue weighted by molar-refractivity contribution is 7.80. The number of nitrogens with one attached hydrogen (secondary N) is 2. The zero-order chi connectivity index (χ0) is 17.4. The van der Waals surface area contributed by atoms with Crippen molar-refractivity contribution in [3.63, 3.8) is 0 Å². The minimum absolute atomic E-state index is 0.0331.